The van der Waals surface area contributed by atoms with Crippen LogP contribution in [0.2, 0.25) is 0 Å². The Labute approximate surface area is 124 Å². The van der Waals surface area contributed by atoms with Crippen molar-refractivity contribution in [3.05, 3.63) is 34.3 Å². The average Bonchev–Trinajstić information content (AvgIpc) is 2.34. The van der Waals surface area contributed by atoms with Crippen LogP contribution in [0.1, 0.15) is 25.8 Å². The first-order valence-corrected chi connectivity index (χ1v) is 8.93. The van der Waals surface area contributed by atoms with Gasteiger partial charge in [0.25, 0.3) is 0 Å². The molecule has 0 bridgehead atoms. The zero-order chi connectivity index (χ0) is 14.5. The first-order chi connectivity index (χ1) is 8.85. The van der Waals surface area contributed by atoms with Gasteiger partial charge in [-0.25, -0.2) is 8.42 Å². The maximum Gasteiger partial charge on any atom is 0.152 e. The van der Waals surface area contributed by atoms with Crippen LogP contribution in [0.15, 0.2) is 28.7 Å². The molecule has 108 valence electrons. The predicted molar refractivity (Wildman–Crippen MR) is 82.0 cm³/mol. The minimum Gasteiger partial charge on any atom is -0.396 e. The summed E-state index contributed by atoms with van der Waals surface area (Å²) in [6.45, 7) is 3.40. The molecule has 5 heteroatoms. The summed E-state index contributed by atoms with van der Waals surface area (Å²) >= 11 is 3.41. The SMILES string of the molecule is CC(C)S(=O)(=O)CCC(CO)Cc1cccc(Br)c1. The van der Waals surface area contributed by atoms with Crippen LogP contribution in [0.3, 0.4) is 0 Å². The maximum absolute atomic E-state index is 11.8. The van der Waals surface area contributed by atoms with Crippen molar-refractivity contribution >= 4 is 25.8 Å². The molecule has 0 saturated heterocycles. The fraction of sp³-hybridized carbons (Fsp3) is 0.571. The molecule has 0 aliphatic carbocycles. The van der Waals surface area contributed by atoms with Crippen molar-refractivity contribution in [3.8, 4) is 0 Å². The van der Waals surface area contributed by atoms with E-state index in [1.807, 2.05) is 24.3 Å². The fourth-order valence-electron chi connectivity index (χ4n) is 1.82. The number of halogens is 1. The molecule has 0 aliphatic heterocycles. The van der Waals surface area contributed by atoms with Crippen LogP contribution < -0.4 is 0 Å². The lowest BCUT2D eigenvalue weighted by Gasteiger charge is -2.15. The van der Waals surface area contributed by atoms with E-state index >= 15 is 0 Å². The summed E-state index contributed by atoms with van der Waals surface area (Å²) in [6, 6.07) is 7.88. The lowest BCUT2D eigenvalue weighted by Crippen LogP contribution is -2.21. The molecule has 0 aromatic heterocycles. The summed E-state index contributed by atoms with van der Waals surface area (Å²) < 4.78 is 24.5. The minimum absolute atomic E-state index is 0.0113. The van der Waals surface area contributed by atoms with E-state index < -0.39 is 9.84 Å². The van der Waals surface area contributed by atoms with Gasteiger partial charge in [0.05, 0.1) is 11.0 Å². The van der Waals surface area contributed by atoms with E-state index in [1.54, 1.807) is 13.8 Å². The van der Waals surface area contributed by atoms with Crippen LogP contribution in [0.5, 0.6) is 0 Å². The monoisotopic (exact) mass is 348 g/mol. The first kappa shape index (κ1) is 16.7. The molecular formula is C14H21BrO3S. The molecule has 1 rings (SSSR count). The normalized spacial score (nSPS) is 13.7. The van der Waals surface area contributed by atoms with Gasteiger partial charge in [0.15, 0.2) is 9.84 Å². The topological polar surface area (TPSA) is 54.4 Å². The summed E-state index contributed by atoms with van der Waals surface area (Å²) in [5, 5.41) is 9.04. The van der Waals surface area contributed by atoms with Crippen LogP contribution in [0.4, 0.5) is 0 Å². The molecule has 0 aliphatic rings. The van der Waals surface area contributed by atoms with Crippen molar-refractivity contribution in [1.82, 2.24) is 0 Å². The van der Waals surface area contributed by atoms with E-state index in [4.69, 9.17) is 0 Å². The Hall–Kier alpha value is -0.390. The highest BCUT2D eigenvalue weighted by Gasteiger charge is 2.19. The average molecular weight is 349 g/mol. The Kier molecular flexibility index (Phi) is 6.50. The molecule has 19 heavy (non-hydrogen) atoms. The van der Waals surface area contributed by atoms with Gasteiger partial charge < -0.3 is 5.11 Å². The molecule has 1 unspecified atom stereocenters. The van der Waals surface area contributed by atoms with Gasteiger partial charge in [-0.3, -0.25) is 0 Å². The van der Waals surface area contributed by atoms with Gasteiger partial charge in [0.1, 0.15) is 0 Å². The number of aliphatic hydroxyl groups is 1. The second-order valence-corrected chi connectivity index (χ2v) is 8.68. The number of aliphatic hydroxyl groups excluding tert-OH is 1. The Morgan fingerprint density at radius 2 is 2.00 bits per heavy atom. The maximum atomic E-state index is 11.8. The molecule has 1 N–H and O–H groups in total. The molecule has 1 aromatic rings. The zero-order valence-corrected chi connectivity index (χ0v) is 13.7. The smallest absolute Gasteiger partial charge is 0.152 e. The standard InChI is InChI=1S/C14H21BrO3S/c1-11(2)19(17,18)7-6-13(10-16)8-12-4-3-5-14(15)9-12/h3-5,9,11,13,16H,6-8,10H2,1-2H3. The van der Waals surface area contributed by atoms with Crippen LogP contribution in [0, 0.1) is 5.92 Å². The van der Waals surface area contributed by atoms with Gasteiger partial charge in [-0.1, -0.05) is 28.1 Å². The quantitative estimate of drug-likeness (QED) is 0.824. The summed E-state index contributed by atoms with van der Waals surface area (Å²) in [7, 11) is -3.02. The number of hydrogen-bond acceptors (Lipinski definition) is 3. The van der Waals surface area contributed by atoms with E-state index in [0.29, 0.717) is 12.8 Å². The lowest BCUT2D eigenvalue weighted by molar-refractivity contribution is 0.222. The highest BCUT2D eigenvalue weighted by Crippen LogP contribution is 2.18. The summed E-state index contributed by atoms with van der Waals surface area (Å²) in [6.07, 6.45) is 1.20. The van der Waals surface area contributed by atoms with Gasteiger partial charge in [-0.2, -0.15) is 0 Å². The summed E-state index contributed by atoms with van der Waals surface area (Å²) in [5.41, 5.74) is 1.11. The lowest BCUT2D eigenvalue weighted by atomic mass is 9.98. The molecular weight excluding hydrogens is 328 g/mol. The zero-order valence-electron chi connectivity index (χ0n) is 11.3. The van der Waals surface area contributed by atoms with Crippen molar-refractivity contribution in [2.24, 2.45) is 5.92 Å². The van der Waals surface area contributed by atoms with E-state index in [9.17, 15) is 13.5 Å². The third-order valence-electron chi connectivity index (χ3n) is 3.20. The Balaban J connectivity index is 2.60. The van der Waals surface area contributed by atoms with Crippen LogP contribution in [-0.2, 0) is 16.3 Å². The van der Waals surface area contributed by atoms with Crippen molar-refractivity contribution in [2.75, 3.05) is 12.4 Å². The fourth-order valence-corrected chi connectivity index (χ4v) is 3.40. The van der Waals surface area contributed by atoms with E-state index in [1.165, 1.54) is 0 Å². The third kappa shape index (κ3) is 5.63. The van der Waals surface area contributed by atoms with Gasteiger partial charge >= 0.3 is 0 Å². The third-order valence-corrected chi connectivity index (χ3v) is 5.93. The molecule has 1 atom stereocenters. The van der Waals surface area contributed by atoms with Gasteiger partial charge in [0, 0.05) is 11.1 Å². The van der Waals surface area contributed by atoms with Crippen molar-refractivity contribution in [1.29, 1.82) is 0 Å². The van der Waals surface area contributed by atoms with Crippen molar-refractivity contribution in [2.45, 2.75) is 31.9 Å². The molecule has 0 fully saturated rings. The van der Waals surface area contributed by atoms with Gasteiger partial charge in [-0.05, 0) is 50.3 Å². The van der Waals surface area contributed by atoms with E-state index in [2.05, 4.69) is 15.9 Å². The van der Waals surface area contributed by atoms with E-state index in [-0.39, 0.29) is 23.5 Å². The summed E-state index contributed by atoms with van der Waals surface area (Å²) in [4.78, 5) is 0. The molecule has 1 aromatic carbocycles. The number of rotatable bonds is 7. The molecule has 3 nitrogen and oxygen atoms in total. The van der Waals surface area contributed by atoms with E-state index in [0.717, 1.165) is 10.0 Å². The van der Waals surface area contributed by atoms with Gasteiger partial charge in [0.2, 0.25) is 0 Å². The largest absolute Gasteiger partial charge is 0.396 e. The number of benzene rings is 1. The predicted octanol–water partition coefficient (Wildman–Crippen LogP) is 2.81. The van der Waals surface area contributed by atoms with Crippen molar-refractivity contribution in [3.63, 3.8) is 0 Å². The molecule has 0 amide bonds. The molecule has 0 heterocycles. The minimum atomic E-state index is -3.02. The number of hydrogen-bond donors (Lipinski definition) is 1. The highest BCUT2D eigenvalue weighted by molar-refractivity contribution is 9.10. The van der Waals surface area contributed by atoms with Crippen LogP contribution in [-0.4, -0.2) is 31.1 Å². The van der Waals surface area contributed by atoms with Crippen LogP contribution in [0.25, 0.3) is 0 Å². The summed E-state index contributed by atoms with van der Waals surface area (Å²) in [5.74, 6) is 0.131. The van der Waals surface area contributed by atoms with Gasteiger partial charge in [-0.15, -0.1) is 0 Å². The van der Waals surface area contributed by atoms with Crippen LogP contribution >= 0.6 is 15.9 Å². The molecule has 0 saturated carbocycles. The first-order valence-electron chi connectivity index (χ1n) is 6.42. The Morgan fingerprint density at radius 1 is 1.32 bits per heavy atom. The second-order valence-electron chi connectivity index (χ2n) is 5.09. The van der Waals surface area contributed by atoms with Crippen molar-refractivity contribution < 1.29 is 13.5 Å². The molecule has 0 spiro atoms. The highest BCUT2D eigenvalue weighted by atomic mass is 79.9. The molecule has 0 radical (unpaired) electrons. The Bertz CT molecular complexity index is 497. The Morgan fingerprint density at radius 3 is 2.53 bits per heavy atom. The second kappa shape index (κ2) is 7.41. The number of sulfone groups is 1.